The molecule has 92 valence electrons. The first-order valence-corrected chi connectivity index (χ1v) is 6.12. The maximum atomic E-state index is 5.04. The Hall–Kier alpha value is -1.47. The number of anilines is 1. The number of rotatable bonds is 6. The van der Waals surface area contributed by atoms with Gasteiger partial charge in [-0.05, 0) is 6.92 Å². The topological polar surface area (TPSA) is 73.1 Å². The van der Waals surface area contributed by atoms with Crippen LogP contribution in [0, 0.1) is 6.92 Å². The molecule has 0 radical (unpaired) electrons. The van der Waals surface area contributed by atoms with Crippen molar-refractivity contribution in [1.82, 2.24) is 15.1 Å². The normalized spacial score (nSPS) is 10.7. The summed E-state index contributed by atoms with van der Waals surface area (Å²) in [6.45, 7) is 3.21. The smallest absolute Gasteiger partial charge is 0.321 e. The van der Waals surface area contributed by atoms with Gasteiger partial charge in [0.15, 0.2) is 5.82 Å². The summed E-state index contributed by atoms with van der Waals surface area (Å²) in [4.78, 5) is 8.56. The highest BCUT2D eigenvalue weighted by atomic mass is 32.1. The van der Waals surface area contributed by atoms with Gasteiger partial charge in [0.2, 0.25) is 0 Å². The summed E-state index contributed by atoms with van der Waals surface area (Å²) in [7, 11) is 1.64. The lowest BCUT2D eigenvalue weighted by Crippen LogP contribution is -2.07. The second kappa shape index (κ2) is 5.74. The van der Waals surface area contributed by atoms with Crippen molar-refractivity contribution < 1.29 is 9.26 Å². The van der Waals surface area contributed by atoms with Gasteiger partial charge in [-0.3, -0.25) is 0 Å². The Morgan fingerprint density at radius 1 is 1.47 bits per heavy atom. The lowest BCUT2D eigenvalue weighted by Gasteiger charge is -1.97. The Bertz CT molecular complexity index is 468. The molecule has 0 atom stereocenters. The standard InChI is InChI=1S/C10H14N4O2S/c1-7-6-17-9(12-7)5-8-13-10(16-14-8)11-3-4-15-2/h6H,3-5H2,1-2H3,(H,11,13,14). The van der Waals surface area contributed by atoms with Gasteiger partial charge in [-0.1, -0.05) is 5.16 Å². The van der Waals surface area contributed by atoms with Crippen molar-refractivity contribution in [2.24, 2.45) is 0 Å². The van der Waals surface area contributed by atoms with Crippen LogP contribution in [0.4, 0.5) is 6.01 Å². The van der Waals surface area contributed by atoms with Crippen molar-refractivity contribution >= 4 is 17.4 Å². The summed E-state index contributed by atoms with van der Waals surface area (Å²) < 4.78 is 9.95. The van der Waals surface area contributed by atoms with Crippen molar-refractivity contribution in [2.45, 2.75) is 13.3 Å². The molecule has 0 spiro atoms. The van der Waals surface area contributed by atoms with E-state index in [0.717, 1.165) is 10.7 Å². The Morgan fingerprint density at radius 3 is 3.06 bits per heavy atom. The minimum absolute atomic E-state index is 0.422. The van der Waals surface area contributed by atoms with Gasteiger partial charge in [-0.2, -0.15) is 4.98 Å². The Balaban J connectivity index is 1.89. The Labute approximate surface area is 103 Å². The minimum Gasteiger partial charge on any atom is -0.383 e. The third-order valence-corrected chi connectivity index (χ3v) is 2.99. The van der Waals surface area contributed by atoms with E-state index in [1.165, 1.54) is 0 Å². The second-order valence-corrected chi connectivity index (χ2v) is 4.44. The monoisotopic (exact) mass is 254 g/mol. The highest BCUT2D eigenvalue weighted by molar-refractivity contribution is 7.09. The van der Waals surface area contributed by atoms with E-state index in [1.807, 2.05) is 12.3 Å². The summed E-state index contributed by atoms with van der Waals surface area (Å²) in [6.07, 6.45) is 0.605. The van der Waals surface area contributed by atoms with Crippen LogP contribution in [0.1, 0.15) is 16.5 Å². The SMILES string of the molecule is COCCNc1nc(Cc2nc(C)cs2)no1. The third-order valence-electron chi connectivity index (χ3n) is 2.03. The molecule has 1 N–H and O–H groups in total. The third kappa shape index (κ3) is 3.50. The number of methoxy groups -OCH3 is 1. The van der Waals surface area contributed by atoms with E-state index in [9.17, 15) is 0 Å². The van der Waals surface area contributed by atoms with E-state index in [1.54, 1.807) is 18.4 Å². The molecule has 17 heavy (non-hydrogen) atoms. The van der Waals surface area contributed by atoms with E-state index in [2.05, 4.69) is 20.4 Å². The maximum absolute atomic E-state index is 5.04. The molecule has 2 heterocycles. The van der Waals surface area contributed by atoms with Crippen LogP contribution in [0.5, 0.6) is 0 Å². The number of nitrogens with zero attached hydrogens (tertiary/aromatic N) is 3. The van der Waals surface area contributed by atoms with Gasteiger partial charge in [-0.25, -0.2) is 4.98 Å². The molecule has 0 amide bonds. The molecule has 0 saturated heterocycles. The molecule has 2 aromatic heterocycles. The van der Waals surface area contributed by atoms with Crippen molar-refractivity contribution in [3.05, 3.63) is 21.9 Å². The molecule has 0 aliphatic rings. The summed E-state index contributed by atoms with van der Waals surface area (Å²) >= 11 is 1.60. The van der Waals surface area contributed by atoms with Crippen molar-refractivity contribution in [2.75, 3.05) is 25.6 Å². The van der Waals surface area contributed by atoms with Crippen molar-refractivity contribution in [1.29, 1.82) is 0 Å². The fourth-order valence-corrected chi connectivity index (χ4v) is 2.05. The van der Waals surface area contributed by atoms with Crippen LogP contribution in [-0.2, 0) is 11.2 Å². The van der Waals surface area contributed by atoms with Crippen LogP contribution < -0.4 is 5.32 Å². The van der Waals surface area contributed by atoms with Gasteiger partial charge in [0, 0.05) is 24.7 Å². The zero-order valence-electron chi connectivity index (χ0n) is 9.77. The zero-order chi connectivity index (χ0) is 12.1. The first-order chi connectivity index (χ1) is 8.28. The molecule has 0 bridgehead atoms. The number of hydrogen-bond donors (Lipinski definition) is 1. The Kier molecular flexibility index (Phi) is 4.05. The van der Waals surface area contributed by atoms with Crippen LogP contribution in [0.3, 0.4) is 0 Å². The molecule has 0 fully saturated rings. The van der Waals surface area contributed by atoms with Crippen LogP contribution in [0.25, 0.3) is 0 Å². The highest BCUT2D eigenvalue weighted by Crippen LogP contribution is 2.13. The number of aromatic nitrogens is 3. The maximum Gasteiger partial charge on any atom is 0.321 e. The van der Waals surface area contributed by atoms with Crippen LogP contribution in [0.2, 0.25) is 0 Å². The molecule has 2 rings (SSSR count). The van der Waals surface area contributed by atoms with Crippen LogP contribution >= 0.6 is 11.3 Å². The molecule has 0 unspecified atom stereocenters. The number of hydrogen-bond acceptors (Lipinski definition) is 7. The largest absolute Gasteiger partial charge is 0.383 e. The van der Waals surface area contributed by atoms with Gasteiger partial charge >= 0.3 is 6.01 Å². The summed E-state index contributed by atoms with van der Waals surface area (Å²) in [6, 6.07) is 0.422. The van der Waals surface area contributed by atoms with Crippen LogP contribution in [0.15, 0.2) is 9.90 Å². The van der Waals surface area contributed by atoms with E-state index < -0.39 is 0 Å². The van der Waals surface area contributed by atoms with E-state index in [0.29, 0.717) is 31.4 Å². The summed E-state index contributed by atoms with van der Waals surface area (Å²) in [5, 5.41) is 9.85. The number of aryl methyl sites for hydroxylation is 1. The first kappa shape index (κ1) is 12.0. The van der Waals surface area contributed by atoms with E-state index in [-0.39, 0.29) is 0 Å². The number of thiazole rings is 1. The lowest BCUT2D eigenvalue weighted by molar-refractivity contribution is 0.210. The van der Waals surface area contributed by atoms with Gasteiger partial charge in [0.05, 0.1) is 13.0 Å². The fraction of sp³-hybridized carbons (Fsp3) is 0.500. The quantitative estimate of drug-likeness (QED) is 0.787. The van der Waals surface area contributed by atoms with Gasteiger partial charge in [0.25, 0.3) is 0 Å². The van der Waals surface area contributed by atoms with Gasteiger partial charge in [-0.15, -0.1) is 11.3 Å². The fourth-order valence-electron chi connectivity index (χ4n) is 1.28. The predicted molar refractivity (Wildman–Crippen MR) is 64.3 cm³/mol. The molecular weight excluding hydrogens is 240 g/mol. The molecule has 0 aliphatic carbocycles. The molecule has 7 heteroatoms. The van der Waals surface area contributed by atoms with Crippen LogP contribution in [-0.4, -0.2) is 35.4 Å². The molecule has 2 aromatic rings. The zero-order valence-corrected chi connectivity index (χ0v) is 10.6. The van der Waals surface area contributed by atoms with Crippen molar-refractivity contribution in [3.8, 4) is 0 Å². The van der Waals surface area contributed by atoms with Gasteiger partial charge < -0.3 is 14.6 Å². The molecule has 6 nitrogen and oxygen atoms in total. The summed E-state index contributed by atoms with van der Waals surface area (Å²) in [5.41, 5.74) is 1.02. The minimum atomic E-state index is 0.422. The van der Waals surface area contributed by atoms with Gasteiger partial charge in [0.1, 0.15) is 5.01 Å². The summed E-state index contributed by atoms with van der Waals surface area (Å²) in [5.74, 6) is 0.638. The average molecular weight is 254 g/mol. The average Bonchev–Trinajstić information content (AvgIpc) is 2.90. The van der Waals surface area contributed by atoms with Crippen molar-refractivity contribution in [3.63, 3.8) is 0 Å². The number of ether oxygens (including phenoxy) is 1. The molecular formula is C10H14N4O2S. The number of nitrogens with one attached hydrogen (secondary N) is 1. The molecule has 0 saturated carbocycles. The lowest BCUT2D eigenvalue weighted by atomic mass is 10.4. The molecule has 0 aromatic carbocycles. The van der Waals surface area contributed by atoms with E-state index in [4.69, 9.17) is 9.26 Å². The highest BCUT2D eigenvalue weighted by Gasteiger charge is 2.08. The molecule has 0 aliphatic heterocycles. The van der Waals surface area contributed by atoms with E-state index >= 15 is 0 Å². The first-order valence-electron chi connectivity index (χ1n) is 5.24. The second-order valence-electron chi connectivity index (χ2n) is 3.49. The Morgan fingerprint density at radius 2 is 2.35 bits per heavy atom. The predicted octanol–water partition coefficient (Wildman–Crippen LogP) is 1.48.